The quantitative estimate of drug-likeness (QED) is 0.496. The van der Waals surface area contributed by atoms with Crippen molar-refractivity contribution in [2.45, 2.75) is 44.3 Å². The summed E-state index contributed by atoms with van der Waals surface area (Å²) in [6.07, 6.45) is 1.71. The molecule has 1 amide bonds. The summed E-state index contributed by atoms with van der Waals surface area (Å²) < 4.78 is 21.0. The molecule has 0 fully saturated rings. The van der Waals surface area contributed by atoms with E-state index in [1.165, 1.54) is 17.8 Å². The molecule has 6 nitrogen and oxygen atoms in total. The Bertz CT molecular complexity index is 779. The average molecular weight is 393 g/mol. The number of carbonyl (C=O) groups excluding carboxylic acids is 1. The molecule has 1 atom stereocenters. The average Bonchev–Trinajstić information content (AvgIpc) is 3.01. The summed E-state index contributed by atoms with van der Waals surface area (Å²) in [5.74, 6) is 0.595. The van der Waals surface area contributed by atoms with E-state index in [-0.39, 0.29) is 23.5 Å². The van der Waals surface area contributed by atoms with Crippen molar-refractivity contribution in [1.82, 2.24) is 20.1 Å². The van der Waals surface area contributed by atoms with E-state index >= 15 is 0 Å². The third-order valence-electron chi connectivity index (χ3n) is 3.63. The highest BCUT2D eigenvalue weighted by molar-refractivity contribution is 8.00. The molecule has 1 aromatic carbocycles. The number of ether oxygens (including phenoxy) is 1. The van der Waals surface area contributed by atoms with E-state index in [9.17, 15) is 9.18 Å². The molecule has 0 radical (unpaired) electrons. The first-order valence-electron chi connectivity index (χ1n) is 8.77. The zero-order valence-electron chi connectivity index (χ0n) is 15.8. The van der Waals surface area contributed by atoms with Crippen LogP contribution in [-0.4, -0.2) is 32.5 Å². The first-order chi connectivity index (χ1) is 12.9. The van der Waals surface area contributed by atoms with Crippen molar-refractivity contribution in [2.75, 3.05) is 6.54 Å². The maximum Gasteiger partial charge on any atom is 0.233 e. The fraction of sp³-hybridized carbons (Fsp3) is 0.421. The molecule has 1 N–H and O–H groups in total. The summed E-state index contributed by atoms with van der Waals surface area (Å²) in [4.78, 5) is 12.2. The minimum absolute atomic E-state index is 0.0500. The Morgan fingerprint density at radius 3 is 2.78 bits per heavy atom. The molecule has 0 saturated carbocycles. The number of para-hydroxylation sites is 1. The van der Waals surface area contributed by atoms with Gasteiger partial charge in [-0.05, 0) is 25.0 Å². The predicted octanol–water partition coefficient (Wildman–Crippen LogP) is 3.44. The lowest BCUT2D eigenvalue weighted by Crippen LogP contribution is -2.33. The molecule has 2 rings (SSSR count). The lowest BCUT2D eigenvalue weighted by atomic mass is 10.2. The second kappa shape index (κ2) is 10.1. The van der Waals surface area contributed by atoms with Crippen LogP contribution >= 0.6 is 11.8 Å². The lowest BCUT2D eigenvalue weighted by molar-refractivity contribution is -0.120. The number of nitrogens with one attached hydrogen (secondary N) is 1. The van der Waals surface area contributed by atoms with Crippen LogP contribution in [-0.2, 0) is 17.9 Å². The van der Waals surface area contributed by atoms with Crippen LogP contribution in [0.3, 0.4) is 0 Å². The van der Waals surface area contributed by atoms with Gasteiger partial charge in [-0.1, -0.05) is 43.8 Å². The summed E-state index contributed by atoms with van der Waals surface area (Å²) >= 11 is 1.32. The number of thioether (sulfide) groups is 1. The van der Waals surface area contributed by atoms with Crippen molar-refractivity contribution in [2.24, 2.45) is 5.92 Å². The summed E-state index contributed by atoms with van der Waals surface area (Å²) in [5, 5.41) is 11.5. The molecule has 0 bridgehead atoms. The molecule has 1 unspecified atom stereocenters. The van der Waals surface area contributed by atoms with Gasteiger partial charge in [0, 0.05) is 13.1 Å². The maximum absolute atomic E-state index is 13.7. The van der Waals surface area contributed by atoms with E-state index in [0.717, 1.165) is 0 Å². The molecule has 1 heterocycles. The number of halogens is 1. The highest BCUT2D eigenvalue weighted by Gasteiger charge is 2.20. The third kappa shape index (κ3) is 6.09. The highest BCUT2D eigenvalue weighted by atomic mass is 32.2. The molecule has 1 aromatic heterocycles. The number of aromatic nitrogens is 3. The number of rotatable bonds is 10. The van der Waals surface area contributed by atoms with E-state index in [2.05, 4.69) is 22.1 Å². The van der Waals surface area contributed by atoms with Crippen molar-refractivity contribution < 1.29 is 13.9 Å². The molecule has 0 aliphatic rings. The Kier molecular flexibility index (Phi) is 7.84. The van der Waals surface area contributed by atoms with Crippen LogP contribution in [0.15, 0.2) is 42.1 Å². The minimum atomic E-state index is -0.433. The summed E-state index contributed by atoms with van der Waals surface area (Å²) in [7, 11) is 0. The molecule has 0 spiro atoms. The molecule has 146 valence electrons. The topological polar surface area (TPSA) is 69.0 Å². The number of allylic oxidation sites excluding steroid dienone is 1. The summed E-state index contributed by atoms with van der Waals surface area (Å²) in [6, 6.07) is 6.19. The molecule has 0 aliphatic carbocycles. The Morgan fingerprint density at radius 2 is 2.11 bits per heavy atom. The van der Waals surface area contributed by atoms with Gasteiger partial charge >= 0.3 is 0 Å². The first-order valence-corrected chi connectivity index (χ1v) is 9.65. The lowest BCUT2D eigenvalue weighted by Gasteiger charge is -2.14. The van der Waals surface area contributed by atoms with Crippen LogP contribution in [0.4, 0.5) is 4.39 Å². The van der Waals surface area contributed by atoms with Crippen molar-refractivity contribution in [3.63, 3.8) is 0 Å². The normalized spacial score (nSPS) is 12.0. The van der Waals surface area contributed by atoms with Gasteiger partial charge in [-0.3, -0.25) is 9.36 Å². The van der Waals surface area contributed by atoms with E-state index in [0.29, 0.717) is 30.0 Å². The van der Waals surface area contributed by atoms with Crippen LogP contribution in [0.2, 0.25) is 0 Å². The van der Waals surface area contributed by atoms with Gasteiger partial charge in [0.05, 0.1) is 5.25 Å². The zero-order valence-corrected chi connectivity index (χ0v) is 16.6. The third-order valence-corrected chi connectivity index (χ3v) is 4.71. The second-order valence-electron chi connectivity index (χ2n) is 6.42. The number of carbonyl (C=O) groups is 1. The van der Waals surface area contributed by atoms with Gasteiger partial charge < -0.3 is 10.1 Å². The largest absolute Gasteiger partial charge is 0.483 e. The molecule has 27 heavy (non-hydrogen) atoms. The van der Waals surface area contributed by atoms with Crippen molar-refractivity contribution in [3.8, 4) is 5.75 Å². The van der Waals surface area contributed by atoms with Crippen LogP contribution in [0.1, 0.15) is 26.6 Å². The van der Waals surface area contributed by atoms with Gasteiger partial charge in [0.1, 0.15) is 6.61 Å². The number of hydrogen-bond donors (Lipinski definition) is 1. The van der Waals surface area contributed by atoms with Crippen molar-refractivity contribution in [1.29, 1.82) is 0 Å². The fourth-order valence-corrected chi connectivity index (χ4v) is 3.09. The summed E-state index contributed by atoms with van der Waals surface area (Å²) in [5.41, 5.74) is 0. The highest BCUT2D eigenvalue weighted by Crippen LogP contribution is 2.24. The Labute approximate surface area is 163 Å². The standard InChI is InChI=1S/C19H25FN4O2S/c1-5-10-24-17(12-26-16-9-7-6-8-15(16)20)22-23-19(24)27-14(4)18(25)21-11-13(2)3/h5-9,13-14H,1,10-12H2,2-4H3,(H,21,25). The van der Waals surface area contributed by atoms with Gasteiger partial charge in [-0.25, -0.2) is 4.39 Å². The first kappa shape index (κ1) is 21.0. The Balaban J connectivity index is 2.06. The van der Waals surface area contributed by atoms with Crippen LogP contribution in [0.5, 0.6) is 5.75 Å². The van der Waals surface area contributed by atoms with Gasteiger partial charge in [-0.15, -0.1) is 16.8 Å². The molecular formula is C19H25FN4O2S. The van der Waals surface area contributed by atoms with E-state index in [4.69, 9.17) is 4.74 Å². The van der Waals surface area contributed by atoms with Crippen molar-refractivity contribution in [3.05, 3.63) is 48.6 Å². The molecule has 8 heteroatoms. The number of nitrogens with zero attached hydrogens (tertiary/aromatic N) is 3. The SMILES string of the molecule is C=CCn1c(COc2ccccc2F)nnc1SC(C)C(=O)NCC(C)C. The Morgan fingerprint density at radius 1 is 1.37 bits per heavy atom. The summed E-state index contributed by atoms with van der Waals surface area (Å²) in [6.45, 7) is 10.8. The zero-order chi connectivity index (χ0) is 19.8. The molecule has 0 aliphatic heterocycles. The fourth-order valence-electron chi connectivity index (χ4n) is 2.19. The van der Waals surface area contributed by atoms with E-state index in [1.807, 2.05) is 25.3 Å². The Hall–Kier alpha value is -2.35. The monoisotopic (exact) mass is 392 g/mol. The van der Waals surface area contributed by atoms with Gasteiger partial charge in [0.25, 0.3) is 0 Å². The maximum atomic E-state index is 13.7. The van der Waals surface area contributed by atoms with E-state index < -0.39 is 5.82 Å². The predicted molar refractivity (Wildman–Crippen MR) is 104 cm³/mol. The van der Waals surface area contributed by atoms with Crippen molar-refractivity contribution >= 4 is 17.7 Å². The van der Waals surface area contributed by atoms with Gasteiger partial charge in [-0.2, -0.15) is 0 Å². The van der Waals surface area contributed by atoms with E-state index in [1.54, 1.807) is 24.3 Å². The molecule has 2 aromatic rings. The van der Waals surface area contributed by atoms with Crippen LogP contribution < -0.4 is 10.1 Å². The number of benzene rings is 1. The van der Waals surface area contributed by atoms with Crippen LogP contribution in [0.25, 0.3) is 0 Å². The smallest absolute Gasteiger partial charge is 0.233 e. The van der Waals surface area contributed by atoms with Crippen LogP contribution in [0, 0.1) is 11.7 Å². The number of hydrogen-bond acceptors (Lipinski definition) is 5. The van der Waals surface area contributed by atoms with Gasteiger partial charge in [0.15, 0.2) is 22.5 Å². The minimum Gasteiger partial charge on any atom is -0.483 e. The molecule has 0 saturated heterocycles. The second-order valence-corrected chi connectivity index (χ2v) is 7.72. The van der Waals surface area contributed by atoms with Gasteiger partial charge in [0.2, 0.25) is 5.91 Å². The molecular weight excluding hydrogens is 367 g/mol. The number of amides is 1.